The largest absolute Gasteiger partial charge is 0.475 e. The first-order chi connectivity index (χ1) is 5.15. The van der Waals surface area contributed by atoms with Crippen LogP contribution >= 0.6 is 0 Å². The summed E-state index contributed by atoms with van der Waals surface area (Å²) in [6.45, 7) is 1.74. The van der Waals surface area contributed by atoms with Gasteiger partial charge in [0.15, 0.2) is 11.4 Å². The summed E-state index contributed by atoms with van der Waals surface area (Å²) in [5, 5.41) is 8.43. The Morgan fingerprint density at radius 2 is 2.45 bits per heavy atom. The van der Waals surface area contributed by atoms with Gasteiger partial charge in [-0.25, -0.2) is 0 Å². The standard InChI is InChI=1S/C7H8N2O2/c1-4-2-6(10)5(3-8)7(9)11-4/h4H,2,9H2,1H3. The zero-order valence-corrected chi connectivity index (χ0v) is 6.13. The highest BCUT2D eigenvalue weighted by Gasteiger charge is 2.24. The minimum Gasteiger partial charge on any atom is -0.475 e. The Morgan fingerprint density at radius 3 is 2.91 bits per heavy atom. The van der Waals surface area contributed by atoms with E-state index >= 15 is 0 Å². The first kappa shape index (κ1) is 7.61. The second-order valence-corrected chi connectivity index (χ2v) is 2.41. The summed E-state index contributed by atoms with van der Waals surface area (Å²) in [7, 11) is 0. The van der Waals surface area contributed by atoms with Crippen molar-refractivity contribution in [1.82, 2.24) is 0 Å². The molecule has 1 aliphatic heterocycles. The van der Waals surface area contributed by atoms with Gasteiger partial charge in [0.25, 0.3) is 0 Å². The fourth-order valence-corrected chi connectivity index (χ4v) is 0.935. The predicted octanol–water partition coefficient (Wildman–Crippen LogP) is 0.0582. The molecule has 0 aromatic rings. The van der Waals surface area contributed by atoms with Crippen molar-refractivity contribution in [2.75, 3.05) is 0 Å². The van der Waals surface area contributed by atoms with E-state index in [1.807, 2.05) is 0 Å². The molecule has 2 N–H and O–H groups in total. The third-order valence-corrected chi connectivity index (χ3v) is 1.44. The molecule has 0 aliphatic carbocycles. The Kier molecular flexibility index (Phi) is 1.81. The second-order valence-electron chi connectivity index (χ2n) is 2.41. The third kappa shape index (κ3) is 1.32. The van der Waals surface area contributed by atoms with Crippen LogP contribution in [0.25, 0.3) is 0 Å². The highest BCUT2D eigenvalue weighted by atomic mass is 16.5. The van der Waals surface area contributed by atoms with Crippen molar-refractivity contribution in [3.05, 3.63) is 11.5 Å². The number of nitriles is 1. The van der Waals surface area contributed by atoms with Crippen molar-refractivity contribution in [3.63, 3.8) is 0 Å². The van der Waals surface area contributed by atoms with Gasteiger partial charge in [-0.3, -0.25) is 4.79 Å². The summed E-state index contributed by atoms with van der Waals surface area (Å²) in [6, 6.07) is 1.70. The van der Waals surface area contributed by atoms with Crippen molar-refractivity contribution in [3.8, 4) is 6.07 Å². The fraction of sp³-hybridized carbons (Fsp3) is 0.429. The maximum Gasteiger partial charge on any atom is 0.206 e. The Balaban J connectivity index is 2.97. The molecule has 1 aliphatic rings. The lowest BCUT2D eigenvalue weighted by Crippen LogP contribution is -2.26. The van der Waals surface area contributed by atoms with Crippen LogP contribution in [0.1, 0.15) is 13.3 Å². The van der Waals surface area contributed by atoms with Crippen LogP contribution in [0.2, 0.25) is 0 Å². The van der Waals surface area contributed by atoms with E-state index in [-0.39, 0.29) is 29.8 Å². The van der Waals surface area contributed by atoms with Gasteiger partial charge in [-0.15, -0.1) is 0 Å². The van der Waals surface area contributed by atoms with Gasteiger partial charge in [-0.1, -0.05) is 0 Å². The molecule has 0 saturated carbocycles. The van der Waals surface area contributed by atoms with Gasteiger partial charge in [0.2, 0.25) is 5.88 Å². The molecule has 4 heteroatoms. The molecule has 0 bridgehead atoms. The van der Waals surface area contributed by atoms with Gasteiger partial charge in [0.05, 0.1) is 0 Å². The number of nitrogens with zero attached hydrogens (tertiary/aromatic N) is 1. The van der Waals surface area contributed by atoms with Crippen LogP contribution in [0.5, 0.6) is 0 Å². The average molecular weight is 152 g/mol. The summed E-state index contributed by atoms with van der Waals surface area (Å²) >= 11 is 0. The van der Waals surface area contributed by atoms with Crippen molar-refractivity contribution in [2.45, 2.75) is 19.4 Å². The molecular weight excluding hydrogens is 144 g/mol. The molecule has 1 rings (SSSR count). The van der Waals surface area contributed by atoms with Crippen LogP contribution in [0.3, 0.4) is 0 Å². The van der Waals surface area contributed by atoms with E-state index in [1.165, 1.54) is 0 Å². The van der Waals surface area contributed by atoms with Crippen LogP contribution in [0.4, 0.5) is 0 Å². The van der Waals surface area contributed by atoms with Crippen molar-refractivity contribution >= 4 is 5.78 Å². The van der Waals surface area contributed by atoms with E-state index < -0.39 is 0 Å². The molecule has 1 unspecified atom stereocenters. The number of Topliss-reactive ketones (excluding diaryl/α,β-unsaturated/α-hetero) is 1. The topological polar surface area (TPSA) is 76.1 Å². The van der Waals surface area contributed by atoms with Gasteiger partial charge in [0.1, 0.15) is 12.2 Å². The number of hydrogen-bond acceptors (Lipinski definition) is 4. The summed E-state index contributed by atoms with van der Waals surface area (Å²) in [5.74, 6) is -0.278. The molecule has 1 heterocycles. The normalized spacial score (nSPS) is 24.4. The minimum absolute atomic E-state index is 0.0451. The molecule has 11 heavy (non-hydrogen) atoms. The van der Waals surface area contributed by atoms with E-state index in [0.29, 0.717) is 0 Å². The number of nitrogens with two attached hydrogens (primary N) is 1. The van der Waals surface area contributed by atoms with Crippen LogP contribution < -0.4 is 5.73 Å². The van der Waals surface area contributed by atoms with Crippen LogP contribution in [-0.2, 0) is 9.53 Å². The van der Waals surface area contributed by atoms with Gasteiger partial charge < -0.3 is 10.5 Å². The molecular formula is C7H8N2O2. The Bertz CT molecular complexity index is 262. The van der Waals surface area contributed by atoms with E-state index in [9.17, 15) is 4.79 Å². The summed E-state index contributed by atoms with van der Waals surface area (Å²) in [6.07, 6.45) is 0.0310. The monoisotopic (exact) mass is 152 g/mol. The zero-order chi connectivity index (χ0) is 8.43. The molecule has 58 valence electrons. The zero-order valence-electron chi connectivity index (χ0n) is 6.13. The van der Waals surface area contributed by atoms with Crippen molar-refractivity contribution in [2.24, 2.45) is 5.73 Å². The second kappa shape index (κ2) is 2.62. The van der Waals surface area contributed by atoms with Crippen molar-refractivity contribution < 1.29 is 9.53 Å². The lowest BCUT2D eigenvalue weighted by molar-refractivity contribution is -0.119. The highest BCUT2D eigenvalue weighted by Crippen LogP contribution is 2.16. The fourth-order valence-electron chi connectivity index (χ4n) is 0.935. The number of hydrogen-bond donors (Lipinski definition) is 1. The number of allylic oxidation sites excluding steroid dienone is 1. The number of ether oxygens (including phenoxy) is 1. The maximum atomic E-state index is 11.0. The molecule has 0 aromatic heterocycles. The molecule has 4 nitrogen and oxygen atoms in total. The molecule has 0 radical (unpaired) electrons. The van der Waals surface area contributed by atoms with E-state index in [2.05, 4.69) is 0 Å². The molecule has 0 aromatic carbocycles. The summed E-state index contributed by atoms with van der Waals surface area (Å²) in [5.41, 5.74) is 5.23. The van der Waals surface area contributed by atoms with Crippen LogP contribution in [0, 0.1) is 11.3 Å². The van der Waals surface area contributed by atoms with E-state index in [4.69, 9.17) is 15.7 Å². The summed E-state index contributed by atoms with van der Waals surface area (Å²) < 4.78 is 4.97. The summed E-state index contributed by atoms with van der Waals surface area (Å²) in [4.78, 5) is 11.0. The Hall–Kier alpha value is -1.50. The smallest absolute Gasteiger partial charge is 0.206 e. The van der Waals surface area contributed by atoms with Crippen LogP contribution in [0.15, 0.2) is 11.5 Å². The average Bonchev–Trinajstić information content (AvgIpc) is 1.85. The first-order valence-electron chi connectivity index (χ1n) is 3.25. The SMILES string of the molecule is CC1CC(=O)C(C#N)=C(N)O1. The highest BCUT2D eigenvalue weighted by molar-refractivity contribution is 6.00. The van der Waals surface area contributed by atoms with E-state index in [1.54, 1.807) is 13.0 Å². The quantitative estimate of drug-likeness (QED) is 0.532. The third-order valence-electron chi connectivity index (χ3n) is 1.44. The van der Waals surface area contributed by atoms with Gasteiger partial charge in [-0.05, 0) is 6.92 Å². The number of carbonyl (C=O) groups excluding carboxylic acids is 1. The lowest BCUT2D eigenvalue weighted by atomic mass is 10.1. The first-order valence-corrected chi connectivity index (χ1v) is 3.25. The number of rotatable bonds is 0. The minimum atomic E-state index is -0.233. The van der Waals surface area contributed by atoms with Gasteiger partial charge in [-0.2, -0.15) is 5.26 Å². The molecule has 0 amide bonds. The molecule has 0 fully saturated rings. The number of carbonyl (C=O) groups is 1. The Labute approximate surface area is 64.2 Å². The molecule has 0 spiro atoms. The van der Waals surface area contributed by atoms with Gasteiger partial charge in [0, 0.05) is 6.42 Å². The maximum absolute atomic E-state index is 11.0. The van der Waals surface area contributed by atoms with Gasteiger partial charge >= 0.3 is 0 Å². The van der Waals surface area contributed by atoms with Crippen molar-refractivity contribution in [1.29, 1.82) is 5.26 Å². The molecule has 1 atom stereocenters. The Morgan fingerprint density at radius 1 is 1.82 bits per heavy atom. The van der Waals surface area contributed by atoms with Crippen LogP contribution in [-0.4, -0.2) is 11.9 Å². The lowest BCUT2D eigenvalue weighted by Gasteiger charge is -2.19. The van der Waals surface area contributed by atoms with E-state index in [0.717, 1.165) is 0 Å². The number of ketones is 1. The predicted molar refractivity (Wildman–Crippen MR) is 37.0 cm³/mol. The molecule has 0 saturated heterocycles.